The number of halogens is 1. The van der Waals surface area contributed by atoms with Crippen molar-refractivity contribution in [2.45, 2.75) is 18.9 Å². The first-order valence-electron chi connectivity index (χ1n) is 11.3. The number of morpholine rings is 1. The number of nitrogens with zero attached hydrogens (tertiary/aromatic N) is 2. The van der Waals surface area contributed by atoms with Gasteiger partial charge in [0.25, 0.3) is 5.91 Å². The van der Waals surface area contributed by atoms with Gasteiger partial charge in [0.1, 0.15) is 0 Å². The summed E-state index contributed by atoms with van der Waals surface area (Å²) in [5, 5.41) is 3.88. The van der Waals surface area contributed by atoms with Crippen LogP contribution in [0.15, 0.2) is 54.6 Å². The van der Waals surface area contributed by atoms with Crippen LogP contribution in [-0.4, -0.2) is 67.6 Å². The molecule has 2 heterocycles. The molecule has 0 bridgehead atoms. The van der Waals surface area contributed by atoms with Crippen LogP contribution in [0.1, 0.15) is 34.8 Å². The Hall–Kier alpha value is -2.41. The number of nitrogens with one attached hydrogen (secondary N) is 1. The molecule has 2 aliphatic rings. The number of carbonyl (C=O) groups is 2. The first-order chi connectivity index (χ1) is 15.6. The maximum Gasteiger partial charge on any atom is 0.253 e. The molecule has 2 fully saturated rings. The highest BCUT2D eigenvalue weighted by Gasteiger charge is 2.30. The molecule has 0 aromatic heterocycles. The SMILES string of the molecule is O=C(N[C@H](CN1CCOCC1)c1ccccc1)[C@H]1CCCN(C(=O)c2ccc(Cl)cc2)C1. The molecular formula is C25H30ClN3O3. The number of hydrogen-bond acceptors (Lipinski definition) is 4. The Morgan fingerprint density at radius 1 is 1.03 bits per heavy atom. The number of benzene rings is 2. The van der Waals surface area contributed by atoms with Crippen LogP contribution in [-0.2, 0) is 9.53 Å². The number of ether oxygens (including phenoxy) is 1. The van der Waals surface area contributed by atoms with Gasteiger partial charge in [-0.3, -0.25) is 14.5 Å². The van der Waals surface area contributed by atoms with E-state index in [2.05, 4.69) is 22.3 Å². The lowest BCUT2D eigenvalue weighted by Gasteiger charge is -2.34. The molecule has 2 amide bonds. The zero-order chi connectivity index (χ0) is 22.3. The van der Waals surface area contributed by atoms with Crippen molar-refractivity contribution in [3.05, 3.63) is 70.7 Å². The van der Waals surface area contributed by atoms with Crippen LogP contribution >= 0.6 is 11.6 Å². The van der Waals surface area contributed by atoms with Gasteiger partial charge in [0.05, 0.1) is 25.2 Å². The summed E-state index contributed by atoms with van der Waals surface area (Å²) < 4.78 is 5.47. The molecule has 0 saturated carbocycles. The summed E-state index contributed by atoms with van der Waals surface area (Å²) in [6, 6.07) is 16.9. The molecule has 32 heavy (non-hydrogen) atoms. The third-order valence-electron chi connectivity index (χ3n) is 6.23. The van der Waals surface area contributed by atoms with Gasteiger partial charge >= 0.3 is 0 Å². The van der Waals surface area contributed by atoms with E-state index in [1.54, 1.807) is 29.2 Å². The summed E-state index contributed by atoms with van der Waals surface area (Å²) in [7, 11) is 0. The van der Waals surface area contributed by atoms with Crippen molar-refractivity contribution in [2.75, 3.05) is 45.9 Å². The number of amides is 2. The Kier molecular flexibility index (Phi) is 7.79. The first kappa shape index (κ1) is 22.8. The van der Waals surface area contributed by atoms with Crippen molar-refractivity contribution in [2.24, 2.45) is 5.92 Å². The Balaban J connectivity index is 1.41. The van der Waals surface area contributed by atoms with Crippen LogP contribution in [0.2, 0.25) is 5.02 Å². The zero-order valence-electron chi connectivity index (χ0n) is 18.2. The predicted molar refractivity (Wildman–Crippen MR) is 125 cm³/mol. The van der Waals surface area contributed by atoms with Gasteiger partial charge in [-0.05, 0) is 42.7 Å². The largest absolute Gasteiger partial charge is 0.379 e. The average Bonchev–Trinajstić information content (AvgIpc) is 2.85. The summed E-state index contributed by atoms with van der Waals surface area (Å²) >= 11 is 5.95. The van der Waals surface area contributed by atoms with Gasteiger partial charge in [-0.1, -0.05) is 41.9 Å². The maximum absolute atomic E-state index is 13.3. The smallest absolute Gasteiger partial charge is 0.253 e. The van der Waals surface area contributed by atoms with Crippen LogP contribution in [0, 0.1) is 5.92 Å². The van der Waals surface area contributed by atoms with Crippen LogP contribution in [0.25, 0.3) is 0 Å². The molecule has 0 spiro atoms. The lowest BCUT2D eigenvalue weighted by Crippen LogP contribution is -2.48. The molecule has 6 nitrogen and oxygen atoms in total. The molecular weight excluding hydrogens is 426 g/mol. The molecule has 2 aliphatic heterocycles. The molecule has 2 aromatic carbocycles. The molecule has 0 unspecified atom stereocenters. The Labute approximate surface area is 194 Å². The molecule has 2 saturated heterocycles. The van der Waals surface area contributed by atoms with E-state index < -0.39 is 0 Å². The van der Waals surface area contributed by atoms with Crippen molar-refractivity contribution in [3.8, 4) is 0 Å². The number of carbonyl (C=O) groups excluding carboxylic acids is 2. The maximum atomic E-state index is 13.3. The van der Waals surface area contributed by atoms with Gasteiger partial charge < -0.3 is 15.0 Å². The molecule has 4 rings (SSSR count). The van der Waals surface area contributed by atoms with E-state index in [-0.39, 0.29) is 23.8 Å². The van der Waals surface area contributed by atoms with Crippen LogP contribution < -0.4 is 5.32 Å². The molecule has 1 N–H and O–H groups in total. The highest BCUT2D eigenvalue weighted by molar-refractivity contribution is 6.30. The minimum Gasteiger partial charge on any atom is -0.379 e. The second-order valence-electron chi connectivity index (χ2n) is 8.48. The van der Waals surface area contributed by atoms with E-state index in [4.69, 9.17) is 16.3 Å². The first-order valence-corrected chi connectivity index (χ1v) is 11.7. The number of hydrogen-bond donors (Lipinski definition) is 1. The average molecular weight is 456 g/mol. The van der Waals surface area contributed by atoms with Crippen molar-refractivity contribution in [3.63, 3.8) is 0 Å². The normalized spacial score (nSPS) is 20.5. The van der Waals surface area contributed by atoms with Gasteiger partial charge in [-0.25, -0.2) is 0 Å². The standard InChI is InChI=1S/C25H30ClN3O3/c26-22-10-8-20(9-11-22)25(31)29-12-4-7-21(17-29)24(30)27-23(19-5-2-1-3-6-19)18-28-13-15-32-16-14-28/h1-3,5-6,8-11,21,23H,4,7,12-18H2,(H,27,30)/t21-,23+/m0/s1. The highest BCUT2D eigenvalue weighted by atomic mass is 35.5. The van der Waals surface area contributed by atoms with E-state index >= 15 is 0 Å². The Morgan fingerprint density at radius 2 is 1.75 bits per heavy atom. The van der Waals surface area contributed by atoms with Crippen molar-refractivity contribution < 1.29 is 14.3 Å². The minimum atomic E-state index is -0.212. The van der Waals surface area contributed by atoms with Gasteiger partial charge in [0.15, 0.2) is 0 Å². The van der Waals surface area contributed by atoms with E-state index in [1.807, 2.05) is 18.2 Å². The quantitative estimate of drug-likeness (QED) is 0.725. The molecule has 170 valence electrons. The second kappa shape index (κ2) is 10.9. The van der Waals surface area contributed by atoms with E-state index in [0.717, 1.165) is 51.3 Å². The van der Waals surface area contributed by atoms with Gasteiger partial charge in [0.2, 0.25) is 5.91 Å². The van der Waals surface area contributed by atoms with E-state index in [9.17, 15) is 9.59 Å². The van der Waals surface area contributed by atoms with Gasteiger partial charge in [0, 0.05) is 43.3 Å². The van der Waals surface area contributed by atoms with Crippen molar-refractivity contribution >= 4 is 23.4 Å². The number of piperidine rings is 1. The highest BCUT2D eigenvalue weighted by Crippen LogP contribution is 2.22. The molecule has 0 radical (unpaired) electrons. The zero-order valence-corrected chi connectivity index (χ0v) is 19.0. The molecule has 7 heteroatoms. The lowest BCUT2D eigenvalue weighted by molar-refractivity contribution is -0.127. The fourth-order valence-electron chi connectivity index (χ4n) is 4.40. The van der Waals surface area contributed by atoms with E-state index in [1.165, 1.54) is 0 Å². The summed E-state index contributed by atoms with van der Waals surface area (Å²) in [5.74, 6) is -0.247. The summed E-state index contributed by atoms with van der Waals surface area (Å²) in [5.41, 5.74) is 1.70. The van der Waals surface area contributed by atoms with Crippen LogP contribution in [0.5, 0.6) is 0 Å². The molecule has 2 atom stereocenters. The Bertz CT molecular complexity index is 900. The van der Waals surface area contributed by atoms with Crippen molar-refractivity contribution in [1.29, 1.82) is 0 Å². The third-order valence-corrected chi connectivity index (χ3v) is 6.49. The fraction of sp³-hybridized carbons (Fsp3) is 0.440. The second-order valence-corrected chi connectivity index (χ2v) is 8.92. The molecule has 0 aliphatic carbocycles. The van der Waals surface area contributed by atoms with Crippen LogP contribution in [0.3, 0.4) is 0 Å². The van der Waals surface area contributed by atoms with Gasteiger partial charge in [-0.2, -0.15) is 0 Å². The molecule has 2 aromatic rings. The minimum absolute atomic E-state index is 0.0146. The topological polar surface area (TPSA) is 61.9 Å². The monoisotopic (exact) mass is 455 g/mol. The summed E-state index contributed by atoms with van der Waals surface area (Å²) in [6.45, 7) is 5.03. The summed E-state index contributed by atoms with van der Waals surface area (Å²) in [6.07, 6.45) is 1.60. The van der Waals surface area contributed by atoms with Crippen molar-refractivity contribution in [1.82, 2.24) is 15.1 Å². The fourth-order valence-corrected chi connectivity index (χ4v) is 4.53. The lowest BCUT2D eigenvalue weighted by atomic mass is 9.95. The van der Waals surface area contributed by atoms with E-state index in [0.29, 0.717) is 23.7 Å². The van der Waals surface area contributed by atoms with Gasteiger partial charge in [-0.15, -0.1) is 0 Å². The number of rotatable bonds is 6. The summed E-state index contributed by atoms with van der Waals surface area (Å²) in [4.78, 5) is 30.3. The van der Waals surface area contributed by atoms with Crippen LogP contribution in [0.4, 0.5) is 0 Å². The number of likely N-dealkylation sites (tertiary alicyclic amines) is 1. The Morgan fingerprint density at radius 3 is 2.47 bits per heavy atom. The predicted octanol–water partition coefficient (Wildman–Crippen LogP) is 3.38. The third kappa shape index (κ3) is 5.88.